The summed E-state index contributed by atoms with van der Waals surface area (Å²) in [5.41, 5.74) is 0.202. The summed E-state index contributed by atoms with van der Waals surface area (Å²) < 4.78 is 37.7. The van der Waals surface area contributed by atoms with Crippen molar-refractivity contribution in [1.82, 2.24) is 0 Å². The lowest BCUT2D eigenvalue weighted by atomic mass is 9.55. The Hall–Kier alpha value is -2.98. The lowest BCUT2D eigenvalue weighted by Crippen LogP contribution is -2.52. The van der Waals surface area contributed by atoms with Gasteiger partial charge in [-0.1, -0.05) is 62.0 Å². The lowest BCUT2D eigenvalue weighted by molar-refractivity contribution is -0.170. The molecular formula is C34H48O9. The van der Waals surface area contributed by atoms with Crippen LogP contribution in [0.1, 0.15) is 58.8 Å². The first kappa shape index (κ1) is 34.5. The Kier molecular flexibility index (Phi) is 13.9. The fourth-order valence-electron chi connectivity index (χ4n) is 6.30. The molecular weight excluding hydrogens is 552 g/mol. The summed E-state index contributed by atoms with van der Waals surface area (Å²) in [4.78, 5) is 26.5. The molecule has 0 spiro atoms. The van der Waals surface area contributed by atoms with Gasteiger partial charge in [0.15, 0.2) is 5.76 Å². The van der Waals surface area contributed by atoms with E-state index in [2.05, 4.69) is 24.8 Å². The first-order valence-corrected chi connectivity index (χ1v) is 15.1. The van der Waals surface area contributed by atoms with Gasteiger partial charge < -0.3 is 33.2 Å². The van der Waals surface area contributed by atoms with E-state index in [0.717, 1.165) is 50.5 Å². The first-order valence-electron chi connectivity index (χ1n) is 15.1. The average Bonchev–Trinajstić information content (AvgIpc) is 3.28. The van der Waals surface area contributed by atoms with E-state index in [1.165, 1.54) is 7.11 Å². The Labute approximate surface area is 256 Å². The highest BCUT2D eigenvalue weighted by Crippen LogP contribution is 2.53. The zero-order chi connectivity index (χ0) is 31.2. The number of carbonyl (C=O) groups excluding carboxylic acids is 2. The number of hydrogen-bond acceptors (Lipinski definition) is 9. The highest BCUT2D eigenvalue weighted by Gasteiger charge is 2.55. The number of rotatable bonds is 17. The molecule has 0 unspecified atom stereocenters. The summed E-state index contributed by atoms with van der Waals surface area (Å²) in [6, 6.07) is 0. The van der Waals surface area contributed by atoms with Crippen molar-refractivity contribution in [3.05, 3.63) is 72.0 Å². The van der Waals surface area contributed by atoms with Crippen LogP contribution in [0.5, 0.6) is 0 Å². The van der Waals surface area contributed by atoms with Crippen molar-refractivity contribution in [2.45, 2.75) is 64.9 Å². The molecule has 3 rings (SSSR count). The second kappa shape index (κ2) is 17.3. The number of unbranched alkanes of at least 4 members (excludes halogenated alkanes) is 2. The molecule has 0 amide bonds. The molecule has 9 heteroatoms. The molecule has 9 nitrogen and oxygen atoms in total. The number of fused-ring (bicyclic) bond motifs is 1. The van der Waals surface area contributed by atoms with Crippen molar-refractivity contribution in [1.29, 1.82) is 0 Å². The van der Waals surface area contributed by atoms with E-state index in [9.17, 15) is 9.59 Å². The van der Waals surface area contributed by atoms with Crippen LogP contribution in [0.2, 0.25) is 0 Å². The van der Waals surface area contributed by atoms with Crippen molar-refractivity contribution in [3.8, 4) is 0 Å². The van der Waals surface area contributed by atoms with Crippen molar-refractivity contribution in [2.24, 2.45) is 23.2 Å². The Morgan fingerprint density at radius 3 is 2.60 bits per heavy atom. The van der Waals surface area contributed by atoms with Crippen molar-refractivity contribution >= 4 is 11.9 Å². The largest absolute Gasteiger partial charge is 0.490 e. The molecule has 0 bridgehead atoms. The van der Waals surface area contributed by atoms with E-state index < -0.39 is 17.4 Å². The van der Waals surface area contributed by atoms with Crippen LogP contribution in [0.3, 0.4) is 0 Å². The van der Waals surface area contributed by atoms with Crippen LogP contribution in [-0.4, -0.2) is 59.6 Å². The molecule has 238 valence electrons. The number of cyclic esters (lactones) is 1. The quantitative estimate of drug-likeness (QED) is 0.0627. The second-order valence-electron chi connectivity index (χ2n) is 11.3. The van der Waals surface area contributed by atoms with E-state index in [-0.39, 0.29) is 54.7 Å². The maximum absolute atomic E-state index is 14.1. The normalized spacial score (nSPS) is 27.7. The Morgan fingerprint density at radius 1 is 1.09 bits per heavy atom. The van der Waals surface area contributed by atoms with Gasteiger partial charge in [-0.15, -0.1) is 0 Å². The Morgan fingerprint density at radius 2 is 1.88 bits per heavy atom. The van der Waals surface area contributed by atoms with Crippen LogP contribution in [0, 0.1) is 23.2 Å². The number of methoxy groups -OCH3 is 3. The average molecular weight is 601 g/mol. The number of hydrogen-bond donors (Lipinski definition) is 0. The number of esters is 2. The lowest BCUT2D eigenvalue weighted by Gasteiger charge is -2.50. The summed E-state index contributed by atoms with van der Waals surface area (Å²) in [6.07, 6.45) is 20.9. The minimum atomic E-state index is -0.878. The van der Waals surface area contributed by atoms with Gasteiger partial charge in [-0.25, -0.2) is 4.79 Å². The third-order valence-electron chi connectivity index (χ3n) is 8.64. The maximum Gasteiger partial charge on any atom is 0.384 e. The zero-order valence-corrected chi connectivity index (χ0v) is 26.3. The van der Waals surface area contributed by atoms with Gasteiger partial charge >= 0.3 is 11.9 Å². The van der Waals surface area contributed by atoms with Gasteiger partial charge in [0.1, 0.15) is 13.6 Å². The molecule has 1 saturated carbocycles. The molecule has 0 aromatic rings. The summed E-state index contributed by atoms with van der Waals surface area (Å²) in [5, 5.41) is 0. The van der Waals surface area contributed by atoms with Gasteiger partial charge in [0.25, 0.3) is 5.76 Å². The molecule has 1 fully saturated rings. The molecule has 0 aromatic heterocycles. The molecule has 0 aromatic carbocycles. The topological polar surface area (TPSA) is 98.8 Å². The molecule has 3 aliphatic rings. The predicted molar refractivity (Wildman–Crippen MR) is 162 cm³/mol. The minimum Gasteiger partial charge on any atom is -0.490 e. The summed E-state index contributed by atoms with van der Waals surface area (Å²) in [6.45, 7) is 8.62. The van der Waals surface area contributed by atoms with E-state index >= 15 is 0 Å². The molecule has 0 N–H and O–H groups in total. The summed E-state index contributed by atoms with van der Waals surface area (Å²) in [7, 11) is 4.60. The molecule has 1 heterocycles. The highest BCUT2D eigenvalue weighted by atomic mass is 16.7. The third kappa shape index (κ3) is 8.79. The van der Waals surface area contributed by atoms with E-state index in [4.69, 9.17) is 33.2 Å². The maximum atomic E-state index is 14.1. The van der Waals surface area contributed by atoms with Crippen LogP contribution < -0.4 is 0 Å². The van der Waals surface area contributed by atoms with Gasteiger partial charge in [-0.3, -0.25) is 4.79 Å². The number of carbonyl (C=O) groups is 2. The molecule has 43 heavy (non-hydrogen) atoms. The van der Waals surface area contributed by atoms with Crippen LogP contribution in [0.4, 0.5) is 0 Å². The monoisotopic (exact) mass is 600 g/mol. The van der Waals surface area contributed by atoms with Gasteiger partial charge in [0.2, 0.25) is 5.76 Å². The van der Waals surface area contributed by atoms with Crippen LogP contribution in [-0.2, 0) is 42.7 Å². The van der Waals surface area contributed by atoms with Gasteiger partial charge in [0, 0.05) is 20.1 Å². The molecule has 5 atom stereocenters. The van der Waals surface area contributed by atoms with Crippen LogP contribution in [0.25, 0.3) is 0 Å². The zero-order valence-electron chi connectivity index (χ0n) is 26.3. The predicted octanol–water partition coefficient (Wildman–Crippen LogP) is 6.30. The first-order chi connectivity index (χ1) is 20.8. The fraction of sp³-hybridized carbons (Fsp3) is 0.588. The van der Waals surface area contributed by atoms with Gasteiger partial charge in [-0.05, 0) is 63.4 Å². The number of ether oxygens (including phenoxy) is 7. The van der Waals surface area contributed by atoms with Gasteiger partial charge in [0.05, 0.1) is 25.2 Å². The SMILES string of the molecule is C=C1OC(=O)C(OC(=O)[C@@]2(C)[C@@H]3CCC[C@H](OCOC)[C@H]3C=C[C@H]2CCCC/C=C/C=C/C(=C\C)COCOC)=C1OC. The van der Waals surface area contributed by atoms with E-state index in [1.807, 2.05) is 38.2 Å². The Bertz CT molecular complexity index is 1110. The Balaban J connectivity index is 1.69. The second-order valence-corrected chi connectivity index (χ2v) is 11.3. The highest BCUT2D eigenvalue weighted by molar-refractivity contribution is 5.95. The van der Waals surface area contributed by atoms with Crippen LogP contribution >= 0.6 is 0 Å². The van der Waals surface area contributed by atoms with Crippen LogP contribution in [0.15, 0.2) is 72.0 Å². The molecule has 0 radical (unpaired) electrons. The molecule has 1 aliphatic heterocycles. The van der Waals surface area contributed by atoms with E-state index in [1.54, 1.807) is 14.2 Å². The third-order valence-corrected chi connectivity index (χ3v) is 8.64. The van der Waals surface area contributed by atoms with Crippen molar-refractivity contribution in [2.75, 3.05) is 41.5 Å². The minimum absolute atomic E-state index is 0.0171. The van der Waals surface area contributed by atoms with Crippen molar-refractivity contribution in [3.63, 3.8) is 0 Å². The van der Waals surface area contributed by atoms with E-state index in [0.29, 0.717) is 6.61 Å². The number of allylic oxidation sites excluding steroid dienone is 5. The smallest absolute Gasteiger partial charge is 0.384 e. The standard InChI is InChI=1S/C34H48O9/c1-7-25(21-40-22-37-4)15-12-10-8-9-11-13-16-26-19-20-27-28(17-14-18-29(27)41-23-38-5)34(26,3)33(36)43-31-30(39-6)24(2)42-32(31)35/h7-8,10,12,15,19-20,26-29H,2,9,11,13-14,16-18,21-23H2,1,3-6H3/b10-8+,15-12+,25-7+/t26-,27+,28-,29+,34-/m1/s1. The summed E-state index contributed by atoms with van der Waals surface area (Å²) >= 11 is 0. The van der Waals surface area contributed by atoms with Crippen molar-refractivity contribution < 1.29 is 42.7 Å². The van der Waals surface area contributed by atoms with Gasteiger partial charge in [-0.2, -0.15) is 0 Å². The summed E-state index contributed by atoms with van der Waals surface area (Å²) in [5.74, 6) is -1.43. The molecule has 0 saturated heterocycles. The fourth-order valence-corrected chi connectivity index (χ4v) is 6.30. The molecule has 2 aliphatic carbocycles.